The molecule has 0 aliphatic rings. The van der Waals surface area contributed by atoms with Gasteiger partial charge in [0.05, 0.1) is 6.04 Å². The van der Waals surface area contributed by atoms with Gasteiger partial charge in [0.1, 0.15) is 11.6 Å². The van der Waals surface area contributed by atoms with Gasteiger partial charge < -0.3 is 11.1 Å². The number of nitrogens with two attached hydrogens (primary N) is 1. The standard InChI is InChI=1S/C13H18F2N2O/c1-8(16)12(18)17-13(2,3)7-9-4-10(14)6-11(15)5-9/h4-6,8H,7,16H2,1-3H3,(H,17,18). The Balaban J connectivity index is 2.78. The van der Waals surface area contributed by atoms with Gasteiger partial charge in [-0.25, -0.2) is 8.78 Å². The highest BCUT2D eigenvalue weighted by Gasteiger charge is 2.23. The van der Waals surface area contributed by atoms with Crippen molar-refractivity contribution in [3.05, 3.63) is 35.4 Å². The molecule has 5 heteroatoms. The molecular weight excluding hydrogens is 238 g/mol. The van der Waals surface area contributed by atoms with Crippen molar-refractivity contribution in [1.29, 1.82) is 0 Å². The number of hydrogen-bond donors (Lipinski definition) is 2. The number of nitrogens with one attached hydrogen (secondary N) is 1. The smallest absolute Gasteiger partial charge is 0.237 e. The zero-order valence-electron chi connectivity index (χ0n) is 10.8. The van der Waals surface area contributed by atoms with Crippen LogP contribution in [0.25, 0.3) is 0 Å². The molecule has 0 bridgehead atoms. The van der Waals surface area contributed by atoms with Crippen LogP contribution >= 0.6 is 0 Å². The molecule has 3 nitrogen and oxygen atoms in total. The highest BCUT2D eigenvalue weighted by molar-refractivity contribution is 5.81. The molecule has 1 aromatic rings. The first-order valence-corrected chi connectivity index (χ1v) is 5.72. The summed E-state index contributed by atoms with van der Waals surface area (Å²) in [5.41, 5.74) is 5.32. The Labute approximate surface area is 105 Å². The fourth-order valence-corrected chi connectivity index (χ4v) is 1.71. The van der Waals surface area contributed by atoms with E-state index in [9.17, 15) is 13.6 Å². The minimum absolute atomic E-state index is 0.295. The van der Waals surface area contributed by atoms with Crippen molar-refractivity contribution in [2.45, 2.75) is 38.8 Å². The number of carbonyl (C=O) groups is 1. The Morgan fingerprint density at radius 3 is 2.28 bits per heavy atom. The van der Waals surface area contributed by atoms with Crippen molar-refractivity contribution < 1.29 is 13.6 Å². The molecule has 0 saturated heterocycles. The molecule has 0 aliphatic carbocycles. The number of amides is 1. The average molecular weight is 256 g/mol. The molecular formula is C13H18F2N2O. The number of rotatable bonds is 4. The number of carbonyl (C=O) groups excluding carboxylic acids is 1. The molecule has 1 rings (SSSR count). The summed E-state index contributed by atoms with van der Waals surface area (Å²) < 4.78 is 26.1. The maximum atomic E-state index is 13.0. The second-order valence-electron chi connectivity index (χ2n) is 5.12. The van der Waals surface area contributed by atoms with Gasteiger partial charge in [0, 0.05) is 11.6 Å². The molecule has 3 N–H and O–H groups in total. The third-order valence-corrected chi connectivity index (χ3v) is 2.44. The van der Waals surface area contributed by atoms with Crippen LogP contribution in [0.4, 0.5) is 8.78 Å². The van der Waals surface area contributed by atoms with Gasteiger partial charge in [-0.1, -0.05) is 0 Å². The van der Waals surface area contributed by atoms with Gasteiger partial charge in [-0.05, 0) is 44.9 Å². The summed E-state index contributed by atoms with van der Waals surface area (Å²) in [4.78, 5) is 11.5. The molecule has 0 radical (unpaired) electrons. The Morgan fingerprint density at radius 2 is 1.83 bits per heavy atom. The van der Waals surface area contributed by atoms with Crippen LogP contribution in [0.2, 0.25) is 0 Å². The van der Waals surface area contributed by atoms with E-state index >= 15 is 0 Å². The molecule has 1 unspecified atom stereocenters. The van der Waals surface area contributed by atoms with Crippen LogP contribution in [0.3, 0.4) is 0 Å². The fraction of sp³-hybridized carbons (Fsp3) is 0.462. The molecule has 0 saturated carbocycles. The summed E-state index contributed by atoms with van der Waals surface area (Å²) >= 11 is 0. The summed E-state index contributed by atoms with van der Waals surface area (Å²) in [7, 11) is 0. The molecule has 1 aromatic carbocycles. The Morgan fingerprint density at radius 1 is 1.33 bits per heavy atom. The summed E-state index contributed by atoms with van der Waals surface area (Å²) in [6, 6.07) is 2.71. The molecule has 1 amide bonds. The zero-order chi connectivity index (χ0) is 13.9. The lowest BCUT2D eigenvalue weighted by Gasteiger charge is -2.27. The molecule has 0 spiro atoms. The van der Waals surface area contributed by atoms with Gasteiger partial charge in [0.25, 0.3) is 0 Å². The predicted octanol–water partition coefficient (Wildman–Crippen LogP) is 1.75. The van der Waals surface area contributed by atoms with E-state index in [-0.39, 0.29) is 5.91 Å². The first-order valence-electron chi connectivity index (χ1n) is 5.72. The minimum Gasteiger partial charge on any atom is -0.350 e. The first-order chi connectivity index (χ1) is 8.19. The highest BCUT2D eigenvalue weighted by atomic mass is 19.1. The normalized spacial score (nSPS) is 13.2. The topological polar surface area (TPSA) is 55.1 Å². The number of benzene rings is 1. The van der Waals surface area contributed by atoms with E-state index in [4.69, 9.17) is 5.73 Å². The monoisotopic (exact) mass is 256 g/mol. The van der Waals surface area contributed by atoms with E-state index in [1.54, 1.807) is 20.8 Å². The maximum absolute atomic E-state index is 13.0. The second kappa shape index (κ2) is 5.44. The van der Waals surface area contributed by atoms with E-state index in [1.807, 2.05) is 0 Å². The third-order valence-electron chi connectivity index (χ3n) is 2.44. The van der Waals surface area contributed by atoms with Crippen LogP contribution in [-0.2, 0) is 11.2 Å². The second-order valence-corrected chi connectivity index (χ2v) is 5.12. The molecule has 100 valence electrons. The molecule has 0 aliphatic heterocycles. The summed E-state index contributed by atoms with van der Waals surface area (Å²) in [6.45, 7) is 5.12. The highest BCUT2D eigenvalue weighted by Crippen LogP contribution is 2.15. The van der Waals surface area contributed by atoms with Gasteiger partial charge in [0.2, 0.25) is 5.91 Å². The van der Waals surface area contributed by atoms with Gasteiger partial charge in [-0.15, -0.1) is 0 Å². The van der Waals surface area contributed by atoms with E-state index in [1.165, 1.54) is 12.1 Å². The molecule has 0 aromatic heterocycles. The quantitative estimate of drug-likeness (QED) is 0.862. The van der Waals surface area contributed by atoms with Crippen molar-refractivity contribution in [2.24, 2.45) is 5.73 Å². The summed E-state index contributed by atoms with van der Waals surface area (Å²) in [5, 5.41) is 2.73. The van der Waals surface area contributed by atoms with Crippen LogP contribution in [-0.4, -0.2) is 17.5 Å². The van der Waals surface area contributed by atoms with Crippen LogP contribution in [0.15, 0.2) is 18.2 Å². The third kappa shape index (κ3) is 4.41. The van der Waals surface area contributed by atoms with E-state index in [0.717, 1.165) is 6.07 Å². The Hall–Kier alpha value is -1.49. The summed E-state index contributed by atoms with van der Waals surface area (Å²) in [6.07, 6.45) is 0.320. The molecule has 18 heavy (non-hydrogen) atoms. The van der Waals surface area contributed by atoms with Gasteiger partial charge >= 0.3 is 0 Å². The van der Waals surface area contributed by atoms with Gasteiger partial charge in [-0.3, -0.25) is 4.79 Å². The molecule has 0 heterocycles. The van der Waals surface area contributed by atoms with E-state index in [0.29, 0.717) is 12.0 Å². The van der Waals surface area contributed by atoms with Crippen LogP contribution in [0.5, 0.6) is 0 Å². The fourth-order valence-electron chi connectivity index (χ4n) is 1.71. The summed E-state index contributed by atoms with van der Waals surface area (Å²) in [5.74, 6) is -1.55. The average Bonchev–Trinajstić information content (AvgIpc) is 2.13. The van der Waals surface area contributed by atoms with Crippen molar-refractivity contribution in [1.82, 2.24) is 5.32 Å². The van der Waals surface area contributed by atoms with Crippen LogP contribution < -0.4 is 11.1 Å². The van der Waals surface area contributed by atoms with Crippen molar-refractivity contribution >= 4 is 5.91 Å². The lowest BCUT2D eigenvalue weighted by molar-refractivity contribution is -0.123. The van der Waals surface area contributed by atoms with E-state index in [2.05, 4.69) is 5.32 Å². The number of halogens is 2. The lowest BCUT2D eigenvalue weighted by Crippen LogP contribution is -2.50. The van der Waals surface area contributed by atoms with Gasteiger partial charge in [-0.2, -0.15) is 0 Å². The first kappa shape index (κ1) is 14.6. The van der Waals surface area contributed by atoms with Crippen LogP contribution in [0, 0.1) is 11.6 Å². The SMILES string of the molecule is CC(N)C(=O)NC(C)(C)Cc1cc(F)cc(F)c1. The molecule has 0 fully saturated rings. The predicted molar refractivity (Wildman–Crippen MR) is 65.9 cm³/mol. The van der Waals surface area contributed by atoms with E-state index < -0.39 is 23.2 Å². The Bertz CT molecular complexity index is 424. The van der Waals surface area contributed by atoms with Crippen LogP contribution in [0.1, 0.15) is 26.3 Å². The molecule has 1 atom stereocenters. The number of hydrogen-bond acceptors (Lipinski definition) is 2. The zero-order valence-corrected chi connectivity index (χ0v) is 10.8. The van der Waals surface area contributed by atoms with Crippen molar-refractivity contribution in [2.75, 3.05) is 0 Å². The maximum Gasteiger partial charge on any atom is 0.237 e. The largest absolute Gasteiger partial charge is 0.350 e. The van der Waals surface area contributed by atoms with Gasteiger partial charge in [0.15, 0.2) is 0 Å². The van der Waals surface area contributed by atoms with Crippen molar-refractivity contribution in [3.63, 3.8) is 0 Å². The Kier molecular flexibility index (Phi) is 4.40. The minimum atomic E-state index is -0.626. The lowest BCUT2D eigenvalue weighted by atomic mass is 9.94. The van der Waals surface area contributed by atoms with Crippen molar-refractivity contribution in [3.8, 4) is 0 Å².